The maximum Gasteiger partial charge on any atom is 0.257 e. The molecule has 3 rings (SSSR count). The maximum atomic E-state index is 12.3. The molecule has 0 saturated carbocycles. The predicted molar refractivity (Wildman–Crippen MR) is 63.1 cm³/mol. The smallest absolute Gasteiger partial charge is 0.257 e. The van der Waals surface area contributed by atoms with E-state index in [9.17, 15) is 15.0 Å². The lowest BCUT2D eigenvalue weighted by Gasteiger charge is -2.14. The molecule has 2 atom stereocenters. The average molecular weight is 247 g/mol. The van der Waals surface area contributed by atoms with Crippen molar-refractivity contribution < 1.29 is 15.0 Å². The summed E-state index contributed by atoms with van der Waals surface area (Å²) in [6, 6.07) is 5.47. The van der Waals surface area contributed by atoms with E-state index in [1.807, 2.05) is 18.2 Å². The molecule has 18 heavy (non-hydrogen) atoms. The molecule has 0 bridgehead atoms. The fourth-order valence-electron chi connectivity index (χ4n) is 2.20. The zero-order valence-electron chi connectivity index (χ0n) is 9.60. The SMILES string of the molecule is O=C(c1cnn2ccccc12)N1CC(O)C(O)C1. The minimum atomic E-state index is -0.865. The fourth-order valence-corrected chi connectivity index (χ4v) is 2.20. The van der Waals surface area contributed by atoms with Crippen LogP contribution in [0, 0.1) is 0 Å². The Balaban J connectivity index is 1.93. The van der Waals surface area contributed by atoms with Gasteiger partial charge in [-0.15, -0.1) is 0 Å². The Kier molecular flexibility index (Phi) is 2.53. The van der Waals surface area contributed by atoms with Gasteiger partial charge in [0.15, 0.2) is 0 Å². The van der Waals surface area contributed by atoms with E-state index in [4.69, 9.17) is 0 Å². The number of aliphatic hydroxyl groups is 2. The van der Waals surface area contributed by atoms with Crippen molar-refractivity contribution in [2.24, 2.45) is 0 Å². The van der Waals surface area contributed by atoms with Crippen LogP contribution in [-0.2, 0) is 0 Å². The van der Waals surface area contributed by atoms with Crippen LogP contribution >= 0.6 is 0 Å². The molecular weight excluding hydrogens is 234 g/mol. The second kappa shape index (κ2) is 4.08. The minimum absolute atomic E-state index is 0.157. The predicted octanol–water partition coefficient (Wildman–Crippen LogP) is -0.488. The minimum Gasteiger partial charge on any atom is -0.388 e. The van der Waals surface area contributed by atoms with Crippen molar-refractivity contribution in [3.8, 4) is 0 Å². The Labute approximate surface area is 103 Å². The third-order valence-corrected chi connectivity index (χ3v) is 3.20. The first-order valence-electron chi connectivity index (χ1n) is 5.74. The van der Waals surface area contributed by atoms with Crippen LogP contribution in [0.3, 0.4) is 0 Å². The molecule has 6 heteroatoms. The van der Waals surface area contributed by atoms with Gasteiger partial charge in [0.05, 0.1) is 29.5 Å². The molecule has 1 fully saturated rings. The van der Waals surface area contributed by atoms with E-state index in [0.717, 1.165) is 5.52 Å². The summed E-state index contributed by atoms with van der Waals surface area (Å²) in [4.78, 5) is 13.7. The summed E-state index contributed by atoms with van der Waals surface area (Å²) in [5.74, 6) is -0.216. The topological polar surface area (TPSA) is 78.1 Å². The Bertz CT molecular complexity index is 585. The number of nitrogens with zero attached hydrogens (tertiary/aromatic N) is 3. The number of likely N-dealkylation sites (tertiary alicyclic amines) is 1. The monoisotopic (exact) mass is 247 g/mol. The number of aromatic nitrogens is 2. The standard InChI is InChI=1S/C12H13N3O3/c16-10-6-14(7-11(10)17)12(18)8-5-13-15-4-2-1-3-9(8)15/h1-5,10-11,16-17H,6-7H2. The zero-order chi connectivity index (χ0) is 12.7. The van der Waals surface area contributed by atoms with Crippen LogP contribution in [-0.4, -0.2) is 55.9 Å². The Morgan fingerprint density at radius 3 is 2.72 bits per heavy atom. The van der Waals surface area contributed by atoms with Crippen molar-refractivity contribution in [1.82, 2.24) is 14.5 Å². The van der Waals surface area contributed by atoms with Crippen molar-refractivity contribution in [3.63, 3.8) is 0 Å². The van der Waals surface area contributed by atoms with Gasteiger partial charge in [-0.3, -0.25) is 4.79 Å². The summed E-state index contributed by atoms with van der Waals surface area (Å²) in [5.41, 5.74) is 1.20. The molecule has 3 heterocycles. The number of fused-ring (bicyclic) bond motifs is 1. The molecule has 0 radical (unpaired) electrons. The first kappa shape index (κ1) is 11.2. The second-order valence-corrected chi connectivity index (χ2v) is 4.43. The van der Waals surface area contributed by atoms with Gasteiger partial charge >= 0.3 is 0 Å². The lowest BCUT2D eigenvalue weighted by atomic mass is 10.2. The second-order valence-electron chi connectivity index (χ2n) is 4.43. The van der Waals surface area contributed by atoms with Gasteiger partial charge in [-0.2, -0.15) is 5.10 Å². The molecule has 0 spiro atoms. The molecule has 1 saturated heterocycles. The van der Waals surface area contributed by atoms with Gasteiger partial charge in [0, 0.05) is 19.3 Å². The molecule has 0 aliphatic carbocycles. The number of rotatable bonds is 1. The zero-order valence-corrected chi connectivity index (χ0v) is 9.60. The van der Waals surface area contributed by atoms with E-state index in [1.54, 1.807) is 10.7 Å². The molecule has 1 aliphatic rings. The molecule has 2 aromatic rings. The van der Waals surface area contributed by atoms with Gasteiger partial charge in [-0.05, 0) is 12.1 Å². The van der Waals surface area contributed by atoms with Crippen molar-refractivity contribution in [1.29, 1.82) is 0 Å². The first-order valence-corrected chi connectivity index (χ1v) is 5.74. The highest BCUT2D eigenvalue weighted by atomic mass is 16.3. The van der Waals surface area contributed by atoms with Crippen LogP contribution in [0.4, 0.5) is 0 Å². The van der Waals surface area contributed by atoms with Crippen LogP contribution < -0.4 is 0 Å². The van der Waals surface area contributed by atoms with E-state index in [-0.39, 0.29) is 19.0 Å². The van der Waals surface area contributed by atoms with Crippen LogP contribution in [0.15, 0.2) is 30.6 Å². The molecule has 6 nitrogen and oxygen atoms in total. The molecule has 0 aromatic carbocycles. The van der Waals surface area contributed by atoms with Crippen LogP contribution in [0.1, 0.15) is 10.4 Å². The van der Waals surface area contributed by atoms with Crippen LogP contribution in [0.25, 0.3) is 5.52 Å². The lowest BCUT2D eigenvalue weighted by molar-refractivity contribution is 0.0572. The Hall–Kier alpha value is -1.92. The molecule has 2 N–H and O–H groups in total. The summed E-state index contributed by atoms with van der Waals surface area (Å²) in [6.07, 6.45) is 1.54. The summed E-state index contributed by atoms with van der Waals surface area (Å²) in [7, 11) is 0. The van der Waals surface area contributed by atoms with E-state index < -0.39 is 12.2 Å². The number of β-amino-alcohol motifs (C(OH)–C–C–N with tert-alkyl or cyclic N) is 2. The lowest BCUT2D eigenvalue weighted by Crippen LogP contribution is -2.29. The van der Waals surface area contributed by atoms with Gasteiger partial charge in [-0.1, -0.05) is 6.07 Å². The van der Waals surface area contributed by atoms with Crippen LogP contribution in [0.5, 0.6) is 0 Å². The van der Waals surface area contributed by atoms with Crippen molar-refractivity contribution in [2.45, 2.75) is 12.2 Å². The van der Waals surface area contributed by atoms with E-state index >= 15 is 0 Å². The van der Waals surface area contributed by atoms with Crippen molar-refractivity contribution >= 4 is 11.4 Å². The summed E-state index contributed by atoms with van der Waals surface area (Å²) in [5, 5.41) is 23.0. The number of pyridine rings is 1. The molecule has 1 amide bonds. The van der Waals surface area contributed by atoms with Gasteiger partial charge in [0.2, 0.25) is 0 Å². The fraction of sp³-hybridized carbons (Fsp3) is 0.333. The normalized spacial score (nSPS) is 23.8. The van der Waals surface area contributed by atoms with E-state index in [2.05, 4.69) is 5.10 Å². The third kappa shape index (κ3) is 1.66. The van der Waals surface area contributed by atoms with E-state index in [1.165, 1.54) is 11.1 Å². The third-order valence-electron chi connectivity index (χ3n) is 3.20. The number of carbonyl (C=O) groups excluding carboxylic acids is 1. The number of amides is 1. The summed E-state index contributed by atoms with van der Waals surface area (Å²) in [6.45, 7) is 0.314. The highest BCUT2D eigenvalue weighted by Gasteiger charge is 2.33. The van der Waals surface area contributed by atoms with Gasteiger partial charge in [0.1, 0.15) is 0 Å². The Morgan fingerprint density at radius 1 is 1.28 bits per heavy atom. The number of carbonyl (C=O) groups is 1. The van der Waals surface area contributed by atoms with E-state index in [0.29, 0.717) is 5.56 Å². The highest BCUT2D eigenvalue weighted by Crippen LogP contribution is 2.17. The van der Waals surface area contributed by atoms with Gasteiger partial charge < -0.3 is 15.1 Å². The summed E-state index contributed by atoms with van der Waals surface area (Å²) >= 11 is 0. The molecule has 1 aliphatic heterocycles. The molecule has 2 unspecified atom stereocenters. The first-order chi connectivity index (χ1) is 8.66. The Morgan fingerprint density at radius 2 is 2.00 bits per heavy atom. The van der Waals surface area contributed by atoms with Crippen LogP contribution in [0.2, 0.25) is 0 Å². The van der Waals surface area contributed by atoms with Gasteiger partial charge in [-0.25, -0.2) is 4.52 Å². The molecular formula is C12H13N3O3. The van der Waals surface area contributed by atoms with Gasteiger partial charge in [0.25, 0.3) is 5.91 Å². The largest absolute Gasteiger partial charge is 0.388 e. The average Bonchev–Trinajstić information content (AvgIpc) is 2.93. The summed E-state index contributed by atoms with van der Waals surface area (Å²) < 4.78 is 1.62. The number of hydrogen-bond donors (Lipinski definition) is 2. The maximum absolute atomic E-state index is 12.3. The van der Waals surface area contributed by atoms with Crippen molar-refractivity contribution in [2.75, 3.05) is 13.1 Å². The van der Waals surface area contributed by atoms with Crippen molar-refractivity contribution in [3.05, 3.63) is 36.2 Å². The molecule has 94 valence electrons. The quantitative estimate of drug-likeness (QED) is 0.713. The molecule has 2 aromatic heterocycles. The number of aliphatic hydroxyl groups excluding tert-OH is 2. The highest BCUT2D eigenvalue weighted by molar-refractivity contribution is 6.00. The number of hydrogen-bond acceptors (Lipinski definition) is 4.